The summed E-state index contributed by atoms with van der Waals surface area (Å²) in [5.74, 6) is 0.522. The minimum atomic E-state index is -3.82. The quantitative estimate of drug-likeness (QED) is 0.606. The summed E-state index contributed by atoms with van der Waals surface area (Å²) >= 11 is 1.09. The van der Waals surface area contributed by atoms with Gasteiger partial charge in [-0.05, 0) is 47.8 Å². The number of ether oxygens (including phenoxy) is 1. The van der Waals surface area contributed by atoms with E-state index in [2.05, 4.69) is 9.44 Å². The normalized spacial score (nSPS) is 11.7. The van der Waals surface area contributed by atoms with Crippen molar-refractivity contribution in [1.29, 1.82) is 0 Å². The van der Waals surface area contributed by atoms with E-state index in [4.69, 9.17) is 4.74 Å². The van der Waals surface area contributed by atoms with Crippen molar-refractivity contribution in [3.05, 3.63) is 66.0 Å². The molecule has 27 heavy (non-hydrogen) atoms. The summed E-state index contributed by atoms with van der Waals surface area (Å²) in [5.41, 5.74) is 0.626. The Bertz CT molecular complexity index is 1120. The van der Waals surface area contributed by atoms with Crippen molar-refractivity contribution in [3.63, 3.8) is 0 Å². The zero-order valence-electron chi connectivity index (χ0n) is 14.1. The average molecular weight is 425 g/mol. The van der Waals surface area contributed by atoms with Crippen LogP contribution < -0.4 is 14.2 Å². The molecule has 0 spiro atoms. The molecule has 142 valence electrons. The monoisotopic (exact) mass is 424 g/mol. The Balaban J connectivity index is 1.78. The van der Waals surface area contributed by atoms with E-state index in [9.17, 15) is 16.8 Å². The molecule has 0 radical (unpaired) electrons. The van der Waals surface area contributed by atoms with E-state index in [1.807, 2.05) is 0 Å². The first kappa shape index (κ1) is 19.2. The van der Waals surface area contributed by atoms with Gasteiger partial charge in [0.05, 0.1) is 17.7 Å². The molecule has 0 aliphatic rings. The molecule has 2 aromatic carbocycles. The smallest absolute Gasteiger partial charge is 0.271 e. The zero-order chi connectivity index (χ0) is 19.5. The van der Waals surface area contributed by atoms with Crippen molar-refractivity contribution in [3.8, 4) is 5.75 Å². The second-order valence-corrected chi connectivity index (χ2v) is 9.94. The molecule has 0 atom stereocenters. The highest BCUT2D eigenvalue weighted by molar-refractivity contribution is 7.94. The molecular formula is C17H16N2O5S3. The molecule has 1 heterocycles. The van der Waals surface area contributed by atoms with Crippen LogP contribution in [-0.2, 0) is 20.0 Å². The third kappa shape index (κ3) is 4.59. The zero-order valence-corrected chi connectivity index (χ0v) is 16.6. The Hall–Kier alpha value is -2.56. The Morgan fingerprint density at radius 3 is 2.15 bits per heavy atom. The van der Waals surface area contributed by atoms with E-state index < -0.39 is 20.0 Å². The number of methoxy groups -OCH3 is 1. The van der Waals surface area contributed by atoms with Gasteiger partial charge in [-0.1, -0.05) is 12.1 Å². The van der Waals surface area contributed by atoms with Gasteiger partial charge < -0.3 is 4.74 Å². The molecule has 3 aromatic rings. The van der Waals surface area contributed by atoms with Gasteiger partial charge in [-0.15, -0.1) is 11.3 Å². The fraction of sp³-hybridized carbons (Fsp3) is 0.0588. The molecule has 7 nitrogen and oxygen atoms in total. The topological polar surface area (TPSA) is 102 Å². The van der Waals surface area contributed by atoms with Crippen LogP contribution in [0.25, 0.3) is 0 Å². The van der Waals surface area contributed by atoms with Crippen molar-refractivity contribution < 1.29 is 21.6 Å². The molecule has 1 aromatic heterocycles. The Morgan fingerprint density at radius 2 is 1.52 bits per heavy atom. The van der Waals surface area contributed by atoms with Crippen LogP contribution in [0.1, 0.15) is 0 Å². The maximum Gasteiger partial charge on any atom is 0.271 e. The van der Waals surface area contributed by atoms with E-state index in [-0.39, 0.29) is 14.8 Å². The molecular weight excluding hydrogens is 408 g/mol. The van der Waals surface area contributed by atoms with E-state index in [1.165, 1.54) is 37.4 Å². The first-order chi connectivity index (χ1) is 12.8. The highest BCUT2D eigenvalue weighted by Crippen LogP contribution is 2.23. The third-order valence-electron chi connectivity index (χ3n) is 3.50. The van der Waals surface area contributed by atoms with E-state index in [0.717, 1.165) is 11.3 Å². The van der Waals surface area contributed by atoms with E-state index >= 15 is 0 Å². The van der Waals surface area contributed by atoms with Gasteiger partial charge in [-0.25, -0.2) is 16.8 Å². The van der Waals surface area contributed by atoms with Gasteiger partial charge >= 0.3 is 0 Å². The average Bonchev–Trinajstić information content (AvgIpc) is 3.17. The summed E-state index contributed by atoms with van der Waals surface area (Å²) in [6.07, 6.45) is 0. The summed E-state index contributed by atoms with van der Waals surface area (Å²) in [5, 5.41) is 1.66. The molecule has 0 saturated heterocycles. The molecule has 0 bridgehead atoms. The lowest BCUT2D eigenvalue weighted by atomic mass is 10.3. The maximum absolute atomic E-state index is 12.5. The second kappa shape index (κ2) is 7.59. The fourth-order valence-electron chi connectivity index (χ4n) is 2.22. The number of anilines is 2. The van der Waals surface area contributed by atoms with Crippen LogP contribution in [0.2, 0.25) is 0 Å². The predicted molar refractivity (Wildman–Crippen MR) is 105 cm³/mol. The summed E-state index contributed by atoms with van der Waals surface area (Å²) in [4.78, 5) is 0.00407. The molecule has 0 aliphatic carbocycles. The number of rotatable bonds is 7. The highest BCUT2D eigenvalue weighted by atomic mass is 32.2. The van der Waals surface area contributed by atoms with Crippen molar-refractivity contribution in [2.75, 3.05) is 16.6 Å². The molecule has 3 rings (SSSR count). The van der Waals surface area contributed by atoms with Gasteiger partial charge in [-0.2, -0.15) is 0 Å². The van der Waals surface area contributed by atoms with Gasteiger partial charge in [0.15, 0.2) is 0 Å². The molecule has 0 aliphatic heterocycles. The number of sulfonamides is 2. The summed E-state index contributed by atoms with van der Waals surface area (Å²) in [6.45, 7) is 0. The first-order valence-electron chi connectivity index (χ1n) is 7.63. The Morgan fingerprint density at radius 1 is 0.815 bits per heavy atom. The molecule has 0 fully saturated rings. The Kier molecular flexibility index (Phi) is 5.40. The maximum atomic E-state index is 12.5. The van der Waals surface area contributed by atoms with Crippen LogP contribution in [0.5, 0.6) is 5.75 Å². The van der Waals surface area contributed by atoms with Crippen LogP contribution in [0.4, 0.5) is 11.4 Å². The first-order valence-corrected chi connectivity index (χ1v) is 11.5. The summed E-state index contributed by atoms with van der Waals surface area (Å²) in [7, 11) is -6.02. The van der Waals surface area contributed by atoms with E-state index in [1.54, 1.807) is 35.7 Å². The SMILES string of the molecule is COc1cccc(NS(=O)(=O)c2ccc(NS(=O)(=O)c3cccs3)cc2)c1. The minimum Gasteiger partial charge on any atom is -0.497 e. The lowest BCUT2D eigenvalue weighted by Gasteiger charge is -2.10. The number of thiophene rings is 1. The van der Waals surface area contributed by atoms with Gasteiger partial charge in [0, 0.05) is 11.8 Å². The molecule has 2 N–H and O–H groups in total. The minimum absolute atomic E-state index is 0.00407. The summed E-state index contributed by atoms with van der Waals surface area (Å²) < 4.78 is 59.5. The van der Waals surface area contributed by atoms with Gasteiger partial charge in [-0.3, -0.25) is 9.44 Å². The number of hydrogen-bond donors (Lipinski definition) is 2. The molecule has 0 amide bonds. The van der Waals surface area contributed by atoms with Crippen LogP contribution in [0.3, 0.4) is 0 Å². The van der Waals surface area contributed by atoms with Crippen LogP contribution in [-0.4, -0.2) is 23.9 Å². The van der Waals surface area contributed by atoms with Crippen LogP contribution in [0, 0.1) is 0 Å². The molecule has 10 heteroatoms. The van der Waals surface area contributed by atoms with Crippen molar-refractivity contribution in [1.82, 2.24) is 0 Å². The largest absolute Gasteiger partial charge is 0.497 e. The van der Waals surface area contributed by atoms with Crippen molar-refractivity contribution in [2.45, 2.75) is 9.10 Å². The number of benzene rings is 2. The summed E-state index contributed by atoms with van der Waals surface area (Å²) in [6, 6.07) is 15.1. The molecule has 0 saturated carbocycles. The highest BCUT2D eigenvalue weighted by Gasteiger charge is 2.17. The predicted octanol–water partition coefficient (Wildman–Crippen LogP) is 3.36. The van der Waals surface area contributed by atoms with Gasteiger partial charge in [0.25, 0.3) is 20.0 Å². The molecule has 0 unspecified atom stereocenters. The third-order valence-corrected chi connectivity index (χ3v) is 7.67. The number of hydrogen-bond acceptors (Lipinski definition) is 6. The number of nitrogens with one attached hydrogen (secondary N) is 2. The Labute approximate surface area is 161 Å². The fourth-order valence-corrected chi connectivity index (χ4v) is 5.33. The van der Waals surface area contributed by atoms with Gasteiger partial charge in [0.1, 0.15) is 9.96 Å². The van der Waals surface area contributed by atoms with E-state index in [0.29, 0.717) is 11.4 Å². The lowest BCUT2D eigenvalue weighted by Crippen LogP contribution is -2.14. The lowest BCUT2D eigenvalue weighted by molar-refractivity contribution is 0.415. The van der Waals surface area contributed by atoms with Crippen LogP contribution in [0.15, 0.2) is 75.1 Å². The van der Waals surface area contributed by atoms with Crippen LogP contribution >= 0.6 is 11.3 Å². The van der Waals surface area contributed by atoms with Crippen molar-refractivity contribution in [2.24, 2.45) is 0 Å². The van der Waals surface area contributed by atoms with Crippen molar-refractivity contribution >= 4 is 42.8 Å². The standard InChI is InChI=1S/C17H16N2O5S3/c1-24-15-5-2-4-14(12-15)19-26(20,21)16-9-7-13(8-10-16)18-27(22,23)17-6-3-11-25-17/h2-12,18-19H,1H3. The van der Waals surface area contributed by atoms with Gasteiger partial charge in [0.2, 0.25) is 0 Å². The second-order valence-electron chi connectivity index (χ2n) is 5.40.